The third kappa shape index (κ3) is 8.42. The van der Waals surface area contributed by atoms with Crippen molar-refractivity contribution in [3.8, 4) is 23.0 Å². The lowest BCUT2D eigenvalue weighted by Crippen LogP contribution is -2.34. The van der Waals surface area contributed by atoms with Gasteiger partial charge in [0, 0.05) is 47.6 Å². The average Bonchev–Trinajstić information content (AvgIpc) is 3.02. The highest BCUT2D eigenvalue weighted by Gasteiger charge is 2.17. The van der Waals surface area contributed by atoms with Crippen LogP contribution in [-0.4, -0.2) is 55.5 Å². The van der Waals surface area contributed by atoms with Gasteiger partial charge in [-0.1, -0.05) is 6.92 Å². The third-order valence-electron chi connectivity index (χ3n) is 7.48. The number of carbonyl (C=O) groups excluding carboxylic acids is 1. The summed E-state index contributed by atoms with van der Waals surface area (Å²) in [6.07, 6.45) is 5.94. The number of rotatable bonds is 11. The van der Waals surface area contributed by atoms with Crippen LogP contribution in [0.25, 0.3) is 10.9 Å². The summed E-state index contributed by atoms with van der Waals surface area (Å²) in [7, 11) is 1.55. The Labute approximate surface area is 259 Å². The van der Waals surface area contributed by atoms with Crippen LogP contribution in [0.3, 0.4) is 0 Å². The normalized spacial score (nSPS) is 14.1. The highest BCUT2D eigenvalue weighted by atomic mass is 19.1. The maximum Gasteiger partial charge on any atom is 0.339 e. The molecule has 1 aromatic heterocycles. The number of methoxy groups -OCH3 is 1. The van der Waals surface area contributed by atoms with Crippen LogP contribution in [0.2, 0.25) is 0 Å². The fraction of sp³-hybridized carbons (Fsp3) is 0.303. The van der Waals surface area contributed by atoms with E-state index in [0.29, 0.717) is 40.8 Å². The second kappa shape index (κ2) is 14.8. The number of anilines is 1. The van der Waals surface area contributed by atoms with Crippen LogP contribution in [0.4, 0.5) is 23.7 Å². The van der Waals surface area contributed by atoms with Gasteiger partial charge in [-0.05, 0) is 74.7 Å². The van der Waals surface area contributed by atoms with Gasteiger partial charge < -0.3 is 24.4 Å². The van der Waals surface area contributed by atoms with Crippen molar-refractivity contribution in [3.05, 3.63) is 83.8 Å². The van der Waals surface area contributed by atoms with Gasteiger partial charge >= 0.3 is 6.03 Å². The van der Waals surface area contributed by atoms with Gasteiger partial charge in [0.05, 0.1) is 25.4 Å². The Kier molecular flexibility index (Phi) is 10.4. The highest BCUT2D eigenvalue weighted by molar-refractivity contribution is 5.91. The number of aromatic nitrogens is 1. The Bertz CT molecular complexity index is 1680. The zero-order valence-electron chi connectivity index (χ0n) is 25.0. The maximum absolute atomic E-state index is 15.0. The van der Waals surface area contributed by atoms with Crippen molar-refractivity contribution >= 4 is 28.8 Å². The number of benzene rings is 3. The Hall–Kier alpha value is -4.84. The molecule has 4 aromatic rings. The molecule has 1 aliphatic heterocycles. The quantitative estimate of drug-likeness (QED) is 0.105. The summed E-state index contributed by atoms with van der Waals surface area (Å²) in [6, 6.07) is 11.2. The lowest BCUT2D eigenvalue weighted by molar-refractivity contribution is 0.176. The first-order valence-corrected chi connectivity index (χ1v) is 14.6. The topological polar surface area (TPSA) is 97.3 Å². The molecule has 3 aromatic carbocycles. The molecule has 45 heavy (non-hydrogen) atoms. The Morgan fingerprint density at radius 1 is 1.00 bits per heavy atom. The molecule has 2 N–H and O–H groups in total. The van der Waals surface area contributed by atoms with Gasteiger partial charge in [-0.15, -0.1) is 0 Å². The fourth-order valence-electron chi connectivity index (χ4n) is 4.95. The number of hydrogen-bond acceptors (Lipinski definition) is 7. The van der Waals surface area contributed by atoms with Crippen molar-refractivity contribution in [2.75, 3.05) is 38.7 Å². The summed E-state index contributed by atoms with van der Waals surface area (Å²) in [5, 5.41) is 6.64. The van der Waals surface area contributed by atoms with Crippen LogP contribution in [0, 0.1) is 23.4 Å². The molecule has 9 nitrogen and oxygen atoms in total. The zero-order chi connectivity index (χ0) is 31.8. The number of halogens is 3. The second-order valence-electron chi connectivity index (χ2n) is 10.8. The van der Waals surface area contributed by atoms with E-state index in [9.17, 15) is 13.6 Å². The molecule has 5 rings (SSSR count). The van der Waals surface area contributed by atoms with Crippen LogP contribution < -0.4 is 25.0 Å². The predicted octanol–water partition coefficient (Wildman–Crippen LogP) is 7.11. The van der Waals surface area contributed by atoms with Crippen LogP contribution in [-0.2, 0) is 0 Å². The first-order chi connectivity index (χ1) is 21.8. The summed E-state index contributed by atoms with van der Waals surface area (Å²) in [6.45, 7) is 6.07. The molecule has 0 spiro atoms. The molecule has 236 valence electrons. The van der Waals surface area contributed by atoms with E-state index in [1.165, 1.54) is 31.0 Å². The van der Waals surface area contributed by atoms with Gasteiger partial charge in [0.15, 0.2) is 23.1 Å². The van der Waals surface area contributed by atoms with Crippen LogP contribution in [0.15, 0.2) is 65.9 Å². The van der Waals surface area contributed by atoms with Crippen molar-refractivity contribution in [1.82, 2.24) is 15.3 Å². The van der Waals surface area contributed by atoms with Crippen LogP contribution >= 0.6 is 0 Å². The smallest absolute Gasteiger partial charge is 0.339 e. The molecular formula is C33H34F3N5O4. The molecular weight excluding hydrogens is 587 g/mol. The summed E-state index contributed by atoms with van der Waals surface area (Å²) < 4.78 is 59.3. The van der Waals surface area contributed by atoms with Crippen LogP contribution in [0.5, 0.6) is 23.0 Å². The molecule has 0 aliphatic carbocycles. The van der Waals surface area contributed by atoms with Crippen molar-refractivity contribution in [2.45, 2.75) is 26.2 Å². The number of likely N-dealkylation sites (tertiary alicyclic amines) is 1. The Morgan fingerprint density at radius 3 is 2.58 bits per heavy atom. The number of hydrogen-bond donors (Lipinski definition) is 2. The lowest BCUT2D eigenvalue weighted by Gasteiger charge is -2.30. The van der Waals surface area contributed by atoms with Crippen molar-refractivity contribution < 1.29 is 32.2 Å². The average molecular weight is 622 g/mol. The minimum absolute atomic E-state index is 0.0211. The van der Waals surface area contributed by atoms with Gasteiger partial charge in [0.2, 0.25) is 0 Å². The minimum Gasteiger partial charge on any atom is -0.493 e. The van der Waals surface area contributed by atoms with E-state index in [2.05, 4.69) is 32.7 Å². The number of fused-ring (bicyclic) bond motifs is 1. The van der Waals surface area contributed by atoms with E-state index in [0.717, 1.165) is 50.3 Å². The number of hydrazone groups is 1. The SMILES string of the molecule is COc1cc2c(Oc3ccc(NC(=O)N/N=C/c4ccc(F)cc4F)cc3F)ccnc2cc1OCCCN1CCC(C)CC1. The first kappa shape index (κ1) is 31.6. The van der Waals surface area contributed by atoms with Gasteiger partial charge in [-0.25, -0.2) is 23.4 Å². The third-order valence-corrected chi connectivity index (χ3v) is 7.48. The largest absolute Gasteiger partial charge is 0.493 e. The van der Waals surface area contributed by atoms with Gasteiger partial charge in [0.25, 0.3) is 0 Å². The Balaban J connectivity index is 1.20. The molecule has 0 saturated carbocycles. The maximum atomic E-state index is 15.0. The molecule has 0 unspecified atom stereocenters. The lowest BCUT2D eigenvalue weighted by atomic mass is 9.99. The summed E-state index contributed by atoms with van der Waals surface area (Å²) in [5.74, 6) is -0.162. The van der Waals surface area contributed by atoms with E-state index in [1.807, 2.05) is 0 Å². The van der Waals surface area contributed by atoms with Crippen molar-refractivity contribution in [1.29, 1.82) is 0 Å². The van der Waals surface area contributed by atoms with Gasteiger partial charge in [0.1, 0.15) is 17.4 Å². The van der Waals surface area contributed by atoms with E-state index in [-0.39, 0.29) is 17.0 Å². The van der Waals surface area contributed by atoms with Crippen LogP contribution in [0.1, 0.15) is 31.7 Å². The standard InChI is InChI=1S/C33H34F3N5O4/c1-21-9-13-41(14-10-21)12-3-15-44-32-19-28-25(18-31(32)43-2)29(8-11-37-28)45-30-7-6-24(17-27(30)36)39-33(42)40-38-20-22-4-5-23(34)16-26(22)35/h4-8,11,16-21H,3,9-10,12-15H2,1-2H3,(H2,39,40,42)/b38-20+. The summed E-state index contributed by atoms with van der Waals surface area (Å²) in [5.41, 5.74) is 2.83. The molecule has 0 bridgehead atoms. The molecule has 1 saturated heterocycles. The monoisotopic (exact) mass is 621 g/mol. The fourth-order valence-corrected chi connectivity index (χ4v) is 4.95. The molecule has 2 amide bonds. The zero-order valence-corrected chi connectivity index (χ0v) is 25.0. The molecule has 1 aliphatic rings. The number of pyridine rings is 1. The summed E-state index contributed by atoms with van der Waals surface area (Å²) >= 11 is 0. The predicted molar refractivity (Wildman–Crippen MR) is 166 cm³/mol. The second-order valence-corrected chi connectivity index (χ2v) is 10.8. The molecule has 0 radical (unpaired) electrons. The number of piperidine rings is 1. The molecule has 2 heterocycles. The number of nitrogens with zero attached hydrogens (tertiary/aromatic N) is 3. The number of nitrogens with one attached hydrogen (secondary N) is 2. The van der Waals surface area contributed by atoms with E-state index >= 15 is 4.39 Å². The van der Waals surface area contributed by atoms with E-state index in [4.69, 9.17) is 14.2 Å². The van der Waals surface area contributed by atoms with Crippen molar-refractivity contribution in [3.63, 3.8) is 0 Å². The number of amides is 2. The minimum atomic E-state index is -0.832. The number of carbonyl (C=O) groups is 1. The summed E-state index contributed by atoms with van der Waals surface area (Å²) in [4.78, 5) is 19.1. The number of ether oxygens (including phenoxy) is 3. The highest BCUT2D eigenvalue weighted by Crippen LogP contribution is 2.38. The number of urea groups is 1. The van der Waals surface area contributed by atoms with Crippen molar-refractivity contribution in [2.24, 2.45) is 11.0 Å². The molecule has 1 fully saturated rings. The molecule has 0 atom stereocenters. The Morgan fingerprint density at radius 2 is 1.82 bits per heavy atom. The van der Waals surface area contributed by atoms with E-state index in [1.54, 1.807) is 31.5 Å². The first-order valence-electron chi connectivity index (χ1n) is 14.6. The van der Waals surface area contributed by atoms with Gasteiger partial charge in [-0.3, -0.25) is 4.98 Å². The molecule has 12 heteroatoms. The van der Waals surface area contributed by atoms with Gasteiger partial charge in [-0.2, -0.15) is 5.10 Å². The van der Waals surface area contributed by atoms with E-state index < -0.39 is 23.5 Å².